The molecule has 0 saturated carbocycles. The zero-order valence-corrected chi connectivity index (χ0v) is 22.3. The number of benzene rings is 3. The smallest absolute Gasteiger partial charge is 0.335 e. The number of methoxy groups -OCH3 is 1. The van der Waals surface area contributed by atoms with Crippen LogP contribution in [-0.4, -0.2) is 46.5 Å². The summed E-state index contributed by atoms with van der Waals surface area (Å²) in [6.07, 6.45) is 0. The Morgan fingerprint density at radius 3 is 2.28 bits per heavy atom. The van der Waals surface area contributed by atoms with Crippen LogP contribution in [0.25, 0.3) is 5.76 Å². The summed E-state index contributed by atoms with van der Waals surface area (Å²) in [7, 11) is 1.52. The number of rotatable bonds is 9. The van der Waals surface area contributed by atoms with Crippen molar-refractivity contribution in [1.29, 1.82) is 0 Å². The molecule has 3 aromatic rings. The molecule has 3 aromatic carbocycles. The SMILES string of the molecule is CCOc1ccc(/C(O)=C2/C(=O)C(=O)N(Cc3ccc(C(=O)O)cc3)C2c2cccc(OC)c2)cc1C(C)C. The second kappa shape index (κ2) is 11.4. The average molecular weight is 530 g/mol. The van der Waals surface area contributed by atoms with Gasteiger partial charge >= 0.3 is 5.97 Å². The zero-order valence-electron chi connectivity index (χ0n) is 22.3. The van der Waals surface area contributed by atoms with E-state index in [2.05, 4.69) is 0 Å². The standard InChI is InChI=1S/C31H31NO7/c1-5-39-25-14-13-22(16-24(25)18(2)3)28(33)26-27(21-7-6-8-23(15-21)38-4)32(30(35)29(26)34)17-19-9-11-20(12-10-19)31(36)37/h6-16,18,27,33H,5,17H2,1-4H3,(H,36,37)/b28-26-. The van der Waals surface area contributed by atoms with Crippen LogP contribution in [0.3, 0.4) is 0 Å². The van der Waals surface area contributed by atoms with E-state index < -0.39 is 23.7 Å². The van der Waals surface area contributed by atoms with Gasteiger partial charge in [0, 0.05) is 12.1 Å². The number of aliphatic hydroxyl groups excluding tert-OH is 1. The van der Waals surface area contributed by atoms with Crippen LogP contribution in [0, 0.1) is 0 Å². The second-order valence-electron chi connectivity index (χ2n) is 9.55. The lowest BCUT2D eigenvalue weighted by Gasteiger charge is -2.26. The minimum atomic E-state index is -1.06. The van der Waals surface area contributed by atoms with E-state index in [4.69, 9.17) is 9.47 Å². The first kappa shape index (κ1) is 27.4. The molecule has 1 aliphatic rings. The van der Waals surface area contributed by atoms with Crippen molar-refractivity contribution >= 4 is 23.4 Å². The van der Waals surface area contributed by atoms with Gasteiger partial charge in [0.25, 0.3) is 11.7 Å². The molecule has 4 rings (SSSR count). The first-order chi connectivity index (χ1) is 18.7. The highest BCUT2D eigenvalue weighted by Gasteiger charge is 2.46. The highest BCUT2D eigenvalue weighted by molar-refractivity contribution is 6.46. The van der Waals surface area contributed by atoms with Gasteiger partial charge in [-0.25, -0.2) is 4.79 Å². The van der Waals surface area contributed by atoms with Crippen LogP contribution in [0.2, 0.25) is 0 Å². The summed E-state index contributed by atoms with van der Waals surface area (Å²) in [5, 5.41) is 20.7. The van der Waals surface area contributed by atoms with Crippen LogP contribution in [0.15, 0.2) is 72.3 Å². The maximum absolute atomic E-state index is 13.4. The third-order valence-corrected chi connectivity index (χ3v) is 6.71. The van der Waals surface area contributed by atoms with Gasteiger partial charge in [-0.15, -0.1) is 0 Å². The topological polar surface area (TPSA) is 113 Å². The predicted octanol–water partition coefficient (Wildman–Crippen LogP) is 5.54. The number of Topliss-reactive ketones (excluding diaryl/α,β-unsaturated/α-hetero) is 1. The third-order valence-electron chi connectivity index (χ3n) is 6.71. The van der Waals surface area contributed by atoms with Crippen LogP contribution >= 0.6 is 0 Å². The van der Waals surface area contributed by atoms with Crippen LogP contribution in [-0.2, 0) is 16.1 Å². The van der Waals surface area contributed by atoms with Gasteiger partial charge < -0.3 is 24.6 Å². The second-order valence-corrected chi connectivity index (χ2v) is 9.55. The molecule has 8 nitrogen and oxygen atoms in total. The third kappa shape index (κ3) is 5.50. The largest absolute Gasteiger partial charge is 0.507 e. The van der Waals surface area contributed by atoms with Gasteiger partial charge in [0.2, 0.25) is 0 Å². The molecule has 1 saturated heterocycles. The number of aliphatic hydroxyl groups is 1. The van der Waals surface area contributed by atoms with Crippen molar-refractivity contribution in [3.8, 4) is 11.5 Å². The Hall–Kier alpha value is -4.59. The van der Waals surface area contributed by atoms with E-state index in [0.29, 0.717) is 34.8 Å². The highest BCUT2D eigenvalue weighted by atomic mass is 16.5. The van der Waals surface area contributed by atoms with Crippen molar-refractivity contribution in [2.75, 3.05) is 13.7 Å². The van der Waals surface area contributed by atoms with Crippen molar-refractivity contribution in [1.82, 2.24) is 4.90 Å². The molecule has 2 N–H and O–H groups in total. The fraction of sp³-hybridized carbons (Fsp3) is 0.258. The molecule has 1 heterocycles. The number of nitrogens with zero attached hydrogens (tertiary/aromatic N) is 1. The Balaban J connectivity index is 1.85. The van der Waals surface area contributed by atoms with E-state index in [1.54, 1.807) is 54.6 Å². The van der Waals surface area contributed by atoms with E-state index >= 15 is 0 Å². The lowest BCUT2D eigenvalue weighted by molar-refractivity contribution is -0.140. The number of aromatic carboxylic acids is 1. The lowest BCUT2D eigenvalue weighted by atomic mass is 9.93. The minimum absolute atomic E-state index is 0.0314. The highest BCUT2D eigenvalue weighted by Crippen LogP contribution is 2.42. The van der Waals surface area contributed by atoms with Gasteiger partial charge in [0.15, 0.2) is 0 Å². The molecule has 1 amide bonds. The zero-order chi connectivity index (χ0) is 28.3. The summed E-state index contributed by atoms with van der Waals surface area (Å²) in [5.41, 5.74) is 2.58. The van der Waals surface area contributed by atoms with Crippen LogP contribution in [0.1, 0.15) is 65.3 Å². The van der Waals surface area contributed by atoms with Gasteiger partial charge in [0.1, 0.15) is 17.3 Å². The van der Waals surface area contributed by atoms with Crippen molar-refractivity contribution < 1.29 is 34.1 Å². The van der Waals surface area contributed by atoms with Gasteiger partial charge in [-0.1, -0.05) is 38.1 Å². The molecule has 1 aliphatic heterocycles. The molecule has 1 fully saturated rings. The van der Waals surface area contributed by atoms with Crippen molar-refractivity contribution in [3.05, 3.63) is 100 Å². The minimum Gasteiger partial charge on any atom is -0.507 e. The molecule has 0 aromatic heterocycles. The van der Waals surface area contributed by atoms with Crippen molar-refractivity contribution in [2.24, 2.45) is 0 Å². The quantitative estimate of drug-likeness (QED) is 0.213. The fourth-order valence-electron chi connectivity index (χ4n) is 4.74. The summed E-state index contributed by atoms with van der Waals surface area (Å²) in [4.78, 5) is 39.5. The average Bonchev–Trinajstić information content (AvgIpc) is 3.18. The van der Waals surface area contributed by atoms with Crippen LogP contribution < -0.4 is 9.47 Å². The summed E-state index contributed by atoms with van der Waals surface area (Å²) in [6, 6.07) is 17.4. The molecule has 1 atom stereocenters. The number of carbonyl (C=O) groups is 3. The number of likely N-dealkylation sites (tertiary alicyclic amines) is 1. The first-order valence-electron chi connectivity index (χ1n) is 12.7. The number of ether oxygens (including phenoxy) is 2. The van der Waals surface area contributed by atoms with E-state index in [9.17, 15) is 24.6 Å². The molecule has 0 radical (unpaired) electrons. The van der Waals surface area contributed by atoms with E-state index in [1.807, 2.05) is 20.8 Å². The van der Waals surface area contributed by atoms with E-state index in [-0.39, 0.29) is 29.4 Å². The molecular weight excluding hydrogens is 498 g/mol. The molecule has 1 unspecified atom stereocenters. The number of carbonyl (C=O) groups excluding carboxylic acids is 2. The number of ketones is 1. The Morgan fingerprint density at radius 2 is 1.67 bits per heavy atom. The lowest BCUT2D eigenvalue weighted by Crippen LogP contribution is -2.29. The normalized spacial score (nSPS) is 16.5. The van der Waals surface area contributed by atoms with Crippen molar-refractivity contribution in [2.45, 2.75) is 39.3 Å². The molecule has 0 aliphatic carbocycles. The first-order valence-corrected chi connectivity index (χ1v) is 12.7. The van der Waals surface area contributed by atoms with Gasteiger partial charge in [-0.2, -0.15) is 0 Å². The van der Waals surface area contributed by atoms with Gasteiger partial charge in [0.05, 0.1) is 30.9 Å². The molecule has 202 valence electrons. The number of carboxylic acids is 1. The maximum Gasteiger partial charge on any atom is 0.335 e. The number of carboxylic acid groups (broad SMARTS) is 1. The Kier molecular flexibility index (Phi) is 8.04. The van der Waals surface area contributed by atoms with Crippen molar-refractivity contribution in [3.63, 3.8) is 0 Å². The number of hydrogen-bond acceptors (Lipinski definition) is 6. The molecule has 39 heavy (non-hydrogen) atoms. The summed E-state index contributed by atoms with van der Waals surface area (Å²) in [5.74, 6) is -1.59. The number of hydrogen-bond donors (Lipinski definition) is 2. The summed E-state index contributed by atoms with van der Waals surface area (Å²) >= 11 is 0. The fourth-order valence-corrected chi connectivity index (χ4v) is 4.74. The van der Waals surface area contributed by atoms with Gasteiger partial charge in [-0.05, 0) is 72.0 Å². The molecule has 0 bridgehead atoms. The Labute approximate surface area is 227 Å². The summed E-state index contributed by atoms with van der Waals surface area (Å²) < 4.78 is 11.1. The van der Waals surface area contributed by atoms with Crippen LogP contribution in [0.4, 0.5) is 0 Å². The monoisotopic (exact) mass is 529 g/mol. The Morgan fingerprint density at radius 1 is 0.974 bits per heavy atom. The van der Waals surface area contributed by atoms with E-state index in [1.165, 1.54) is 24.1 Å². The Bertz CT molecular complexity index is 1440. The molecule has 8 heteroatoms. The summed E-state index contributed by atoms with van der Waals surface area (Å²) in [6.45, 7) is 6.42. The maximum atomic E-state index is 13.4. The predicted molar refractivity (Wildman–Crippen MR) is 146 cm³/mol. The van der Waals surface area contributed by atoms with Crippen LogP contribution in [0.5, 0.6) is 11.5 Å². The van der Waals surface area contributed by atoms with E-state index in [0.717, 1.165) is 5.56 Å². The molecular formula is C31H31NO7. The number of amides is 1. The molecule has 0 spiro atoms. The van der Waals surface area contributed by atoms with Gasteiger partial charge in [-0.3, -0.25) is 9.59 Å².